The number of anilines is 1. The third kappa shape index (κ3) is 3.25. The average molecular weight is 288 g/mol. The molecule has 0 atom stereocenters. The van der Waals surface area contributed by atoms with Crippen LogP contribution in [-0.4, -0.2) is 21.0 Å². The van der Waals surface area contributed by atoms with Crippen LogP contribution >= 0.6 is 0 Å². The number of carbonyl (C=O) groups excluding carboxylic acids is 1. The topological polar surface area (TPSA) is 101 Å². The Bertz CT molecular complexity index is 691. The molecule has 2 aromatic rings. The second kappa shape index (κ2) is 5.74. The van der Waals surface area contributed by atoms with E-state index in [1.807, 2.05) is 13.8 Å². The number of nitro groups is 1. The molecule has 7 heteroatoms. The lowest BCUT2D eigenvalue weighted by molar-refractivity contribution is -0.385. The van der Waals surface area contributed by atoms with Gasteiger partial charge in [0.2, 0.25) is 0 Å². The number of hydrogen-bond acceptors (Lipinski definition) is 4. The van der Waals surface area contributed by atoms with E-state index in [0.717, 1.165) is 5.69 Å². The van der Waals surface area contributed by atoms with Crippen LogP contribution in [0.2, 0.25) is 0 Å². The van der Waals surface area contributed by atoms with Gasteiger partial charge in [-0.05, 0) is 25.0 Å². The lowest BCUT2D eigenvalue weighted by Crippen LogP contribution is -2.12. The molecule has 0 radical (unpaired) electrons. The minimum Gasteiger partial charge on any atom is -0.305 e. The molecule has 2 N–H and O–H groups in total. The number of aromatic amines is 1. The van der Waals surface area contributed by atoms with Crippen molar-refractivity contribution in [1.29, 1.82) is 0 Å². The summed E-state index contributed by atoms with van der Waals surface area (Å²) >= 11 is 0. The van der Waals surface area contributed by atoms with E-state index in [2.05, 4.69) is 15.5 Å². The zero-order chi connectivity index (χ0) is 15.6. The largest absolute Gasteiger partial charge is 0.305 e. The van der Waals surface area contributed by atoms with Gasteiger partial charge < -0.3 is 5.32 Å². The molecule has 0 saturated heterocycles. The van der Waals surface area contributed by atoms with E-state index in [1.165, 1.54) is 18.2 Å². The lowest BCUT2D eigenvalue weighted by atomic mass is 10.1. The summed E-state index contributed by atoms with van der Waals surface area (Å²) in [6, 6.07) is 6.01. The highest BCUT2D eigenvalue weighted by Crippen LogP contribution is 2.20. The van der Waals surface area contributed by atoms with Gasteiger partial charge in [-0.2, -0.15) is 5.10 Å². The smallest absolute Gasteiger partial charge is 0.272 e. The van der Waals surface area contributed by atoms with E-state index < -0.39 is 4.92 Å². The first kappa shape index (κ1) is 14.7. The Hall–Kier alpha value is -2.70. The average Bonchev–Trinajstić information content (AvgIpc) is 2.86. The van der Waals surface area contributed by atoms with Crippen molar-refractivity contribution in [3.63, 3.8) is 0 Å². The molecule has 1 heterocycles. The molecular formula is C14H16N4O3. The van der Waals surface area contributed by atoms with Crippen molar-refractivity contribution in [2.75, 3.05) is 5.32 Å². The van der Waals surface area contributed by atoms with Crippen molar-refractivity contribution in [3.05, 3.63) is 51.2 Å². The molecule has 0 aliphatic carbocycles. The Labute approximate surface area is 121 Å². The first-order valence-electron chi connectivity index (χ1n) is 6.50. The normalized spacial score (nSPS) is 10.7. The number of hydrogen-bond donors (Lipinski definition) is 2. The number of benzene rings is 1. The van der Waals surface area contributed by atoms with Crippen LogP contribution < -0.4 is 5.32 Å². The number of rotatable bonds is 4. The van der Waals surface area contributed by atoms with E-state index in [9.17, 15) is 14.9 Å². The number of aryl methyl sites for hydroxylation is 1. The number of nitrogens with zero attached hydrogens (tertiary/aromatic N) is 2. The molecule has 1 aromatic heterocycles. The number of carbonyl (C=O) groups is 1. The van der Waals surface area contributed by atoms with Crippen LogP contribution in [0.25, 0.3) is 0 Å². The van der Waals surface area contributed by atoms with Crippen LogP contribution in [0.3, 0.4) is 0 Å². The fraction of sp³-hybridized carbons (Fsp3) is 0.286. The summed E-state index contributed by atoms with van der Waals surface area (Å²) in [5.41, 5.74) is 1.71. The maximum absolute atomic E-state index is 12.1. The monoisotopic (exact) mass is 288 g/mol. The third-order valence-corrected chi connectivity index (χ3v) is 3.12. The SMILES string of the molecule is Cc1cc(C(=O)Nc2cc(C(C)C)[nH]n2)ccc1[N+](=O)[O-]. The van der Waals surface area contributed by atoms with Gasteiger partial charge in [0.05, 0.1) is 4.92 Å². The highest BCUT2D eigenvalue weighted by molar-refractivity contribution is 6.04. The third-order valence-electron chi connectivity index (χ3n) is 3.12. The Morgan fingerprint density at radius 2 is 2.10 bits per heavy atom. The van der Waals surface area contributed by atoms with Crippen molar-refractivity contribution >= 4 is 17.4 Å². The Morgan fingerprint density at radius 1 is 1.38 bits per heavy atom. The molecule has 0 unspecified atom stereocenters. The van der Waals surface area contributed by atoms with Gasteiger partial charge in [0.1, 0.15) is 0 Å². The van der Waals surface area contributed by atoms with E-state index in [4.69, 9.17) is 0 Å². The molecule has 0 aliphatic heterocycles. The minimum atomic E-state index is -0.473. The zero-order valence-electron chi connectivity index (χ0n) is 12.0. The van der Waals surface area contributed by atoms with Crippen LogP contribution in [-0.2, 0) is 0 Å². The van der Waals surface area contributed by atoms with Crippen molar-refractivity contribution in [3.8, 4) is 0 Å². The molecule has 0 saturated carbocycles. The molecule has 0 spiro atoms. The lowest BCUT2D eigenvalue weighted by Gasteiger charge is -2.03. The van der Waals surface area contributed by atoms with Crippen LogP contribution in [0.15, 0.2) is 24.3 Å². The van der Waals surface area contributed by atoms with Crippen molar-refractivity contribution in [1.82, 2.24) is 10.2 Å². The molecule has 2 rings (SSSR count). The maximum Gasteiger partial charge on any atom is 0.272 e. The van der Waals surface area contributed by atoms with Gasteiger partial charge >= 0.3 is 0 Å². The Kier molecular flexibility index (Phi) is 4.02. The van der Waals surface area contributed by atoms with Crippen molar-refractivity contribution in [2.45, 2.75) is 26.7 Å². The quantitative estimate of drug-likeness (QED) is 0.667. The van der Waals surface area contributed by atoms with E-state index in [-0.39, 0.29) is 17.5 Å². The van der Waals surface area contributed by atoms with Gasteiger partial charge in [-0.15, -0.1) is 0 Å². The molecule has 1 amide bonds. The van der Waals surface area contributed by atoms with Crippen LogP contribution in [0, 0.1) is 17.0 Å². The van der Waals surface area contributed by atoms with E-state index >= 15 is 0 Å². The summed E-state index contributed by atoms with van der Waals surface area (Å²) in [6.07, 6.45) is 0. The van der Waals surface area contributed by atoms with Crippen molar-refractivity contribution < 1.29 is 9.72 Å². The van der Waals surface area contributed by atoms with Gasteiger partial charge in [-0.3, -0.25) is 20.0 Å². The van der Waals surface area contributed by atoms with Gasteiger partial charge in [0, 0.05) is 29.0 Å². The van der Waals surface area contributed by atoms with Gasteiger partial charge in [-0.1, -0.05) is 13.8 Å². The molecule has 21 heavy (non-hydrogen) atoms. The molecule has 0 aliphatic rings. The first-order chi connectivity index (χ1) is 9.88. The summed E-state index contributed by atoms with van der Waals surface area (Å²) in [4.78, 5) is 22.4. The molecule has 7 nitrogen and oxygen atoms in total. The highest BCUT2D eigenvalue weighted by Gasteiger charge is 2.15. The second-order valence-corrected chi connectivity index (χ2v) is 5.08. The van der Waals surface area contributed by atoms with Crippen LogP contribution in [0.1, 0.15) is 41.4 Å². The van der Waals surface area contributed by atoms with Crippen LogP contribution in [0.4, 0.5) is 11.5 Å². The van der Waals surface area contributed by atoms with Crippen molar-refractivity contribution in [2.24, 2.45) is 0 Å². The van der Waals surface area contributed by atoms with Gasteiger partial charge in [0.15, 0.2) is 5.82 Å². The number of amides is 1. The summed E-state index contributed by atoms with van der Waals surface area (Å²) in [6.45, 7) is 5.62. The number of nitrogens with one attached hydrogen (secondary N) is 2. The maximum atomic E-state index is 12.1. The zero-order valence-corrected chi connectivity index (χ0v) is 12.0. The predicted octanol–water partition coefficient (Wildman–Crippen LogP) is 3.00. The highest BCUT2D eigenvalue weighted by atomic mass is 16.6. The Balaban J connectivity index is 2.16. The van der Waals surface area contributed by atoms with Crippen LogP contribution in [0.5, 0.6) is 0 Å². The summed E-state index contributed by atoms with van der Waals surface area (Å²) < 4.78 is 0. The number of nitro benzene ring substituents is 1. The Morgan fingerprint density at radius 3 is 2.62 bits per heavy atom. The van der Waals surface area contributed by atoms with E-state index in [0.29, 0.717) is 16.9 Å². The minimum absolute atomic E-state index is 0.00610. The first-order valence-corrected chi connectivity index (χ1v) is 6.50. The number of aromatic nitrogens is 2. The molecule has 110 valence electrons. The predicted molar refractivity (Wildman–Crippen MR) is 78.5 cm³/mol. The molecule has 1 aromatic carbocycles. The fourth-order valence-corrected chi connectivity index (χ4v) is 1.89. The standard InChI is InChI=1S/C14H16N4O3/c1-8(2)11-7-13(17-16-11)15-14(19)10-4-5-12(18(20)21)9(3)6-10/h4-8H,1-3H3,(H2,15,16,17,19). The van der Waals surface area contributed by atoms with Gasteiger partial charge in [-0.25, -0.2) is 0 Å². The summed E-state index contributed by atoms with van der Waals surface area (Å²) in [7, 11) is 0. The fourth-order valence-electron chi connectivity index (χ4n) is 1.89. The summed E-state index contributed by atoms with van der Waals surface area (Å²) in [5.74, 6) is 0.360. The molecule has 0 fully saturated rings. The molecule has 0 bridgehead atoms. The van der Waals surface area contributed by atoms with E-state index in [1.54, 1.807) is 13.0 Å². The second-order valence-electron chi connectivity index (χ2n) is 5.08. The molecular weight excluding hydrogens is 272 g/mol. The summed E-state index contributed by atoms with van der Waals surface area (Å²) in [5, 5.41) is 20.3. The number of H-pyrrole nitrogens is 1. The van der Waals surface area contributed by atoms with Gasteiger partial charge in [0.25, 0.3) is 11.6 Å².